The van der Waals surface area contributed by atoms with Crippen LogP contribution >= 0.6 is 0 Å². The Labute approximate surface area is 408 Å². The first-order valence-electron chi connectivity index (χ1n) is 20.9. The minimum Gasteiger partial charge on any atom is -0.497 e. The standard InChI is InChI=1S/C20H15F3N2O4.C19H14F2N2O3.C13H8F4O/c1-28-14-5-2-4-12(10-14)13-7-8-16(17(11-13)29-20(21,22)23)25-18-15(19(26)27)6-3-9-24-18;1-26-12-5-2-4-11(8-12)14-9-16(21)17(10-15(14)20)23-18-13(19(24)25)6-3-7-22-18;14-11-5-1-3-9(7-11)10-4-2-6-12(8-10)18-13(15,16)17/h2-11H,1H3,(H,24,25)(H,26,27);2-10H,1H3,(H,22,23)(H,24,25);1-8H. The summed E-state index contributed by atoms with van der Waals surface area (Å²) in [5, 5.41) is 23.5. The summed E-state index contributed by atoms with van der Waals surface area (Å²) in [5.74, 6) is -4.35. The normalized spacial score (nSPS) is 10.9. The molecule has 0 amide bonds. The van der Waals surface area contributed by atoms with Gasteiger partial charge in [0.25, 0.3) is 0 Å². The molecule has 0 aliphatic carbocycles. The molecule has 0 saturated heterocycles. The number of carboxylic acid groups (broad SMARTS) is 2. The van der Waals surface area contributed by atoms with Gasteiger partial charge in [-0.25, -0.2) is 32.7 Å². The zero-order chi connectivity index (χ0) is 52.9. The van der Waals surface area contributed by atoms with Gasteiger partial charge in [-0.15, -0.1) is 26.3 Å². The summed E-state index contributed by atoms with van der Waals surface area (Å²) in [7, 11) is 2.97. The number of nitrogens with one attached hydrogen (secondary N) is 2. The lowest BCUT2D eigenvalue weighted by atomic mass is 10.0. The van der Waals surface area contributed by atoms with E-state index in [1.54, 1.807) is 66.7 Å². The number of halogens is 9. The van der Waals surface area contributed by atoms with Crippen molar-refractivity contribution in [2.75, 3.05) is 24.9 Å². The van der Waals surface area contributed by atoms with Crippen molar-refractivity contribution in [3.05, 3.63) is 193 Å². The number of carbonyl (C=O) groups is 2. The molecule has 376 valence electrons. The van der Waals surface area contributed by atoms with Gasteiger partial charge in [0.05, 0.1) is 25.6 Å². The molecular weight excluding hydrogens is 980 g/mol. The maximum absolute atomic E-state index is 14.5. The van der Waals surface area contributed by atoms with E-state index < -0.39 is 47.9 Å². The third-order valence-electron chi connectivity index (χ3n) is 9.86. The van der Waals surface area contributed by atoms with E-state index in [2.05, 4.69) is 30.1 Å². The molecule has 73 heavy (non-hydrogen) atoms. The van der Waals surface area contributed by atoms with E-state index in [9.17, 15) is 54.2 Å². The maximum Gasteiger partial charge on any atom is 0.573 e. The molecular formula is C52H37F9N4O8. The van der Waals surface area contributed by atoms with Gasteiger partial charge in [-0.2, -0.15) is 0 Å². The number of aromatic nitrogens is 2. The molecule has 0 unspecified atom stereocenters. The molecule has 0 spiro atoms. The minimum atomic E-state index is -4.94. The fraction of sp³-hybridized carbons (Fsp3) is 0.0769. The van der Waals surface area contributed by atoms with Crippen LogP contribution < -0.4 is 29.6 Å². The topological polar surface area (TPSA) is 161 Å². The smallest absolute Gasteiger partial charge is 0.497 e. The number of ether oxygens (including phenoxy) is 4. The fourth-order valence-electron chi connectivity index (χ4n) is 6.62. The first-order valence-corrected chi connectivity index (χ1v) is 20.9. The third-order valence-corrected chi connectivity index (χ3v) is 9.86. The minimum absolute atomic E-state index is 0.0615. The van der Waals surface area contributed by atoms with E-state index in [0.717, 1.165) is 12.1 Å². The maximum atomic E-state index is 14.5. The number of anilines is 4. The zero-order valence-electron chi connectivity index (χ0n) is 37.7. The zero-order valence-corrected chi connectivity index (χ0v) is 37.7. The first-order chi connectivity index (χ1) is 34.7. The van der Waals surface area contributed by atoms with Crippen molar-refractivity contribution >= 4 is 34.9 Å². The lowest BCUT2D eigenvalue weighted by molar-refractivity contribution is -0.275. The number of nitrogens with zero attached hydrogens (tertiary/aromatic N) is 2. The quantitative estimate of drug-likeness (QED) is 0.0810. The number of rotatable bonds is 13. The van der Waals surface area contributed by atoms with Crippen molar-refractivity contribution in [1.82, 2.24) is 9.97 Å². The Hall–Kier alpha value is -9.27. The largest absolute Gasteiger partial charge is 0.573 e. The number of alkyl halides is 6. The summed E-state index contributed by atoms with van der Waals surface area (Å²) >= 11 is 0. The number of methoxy groups -OCH3 is 2. The molecule has 0 aliphatic rings. The van der Waals surface area contributed by atoms with Crippen LogP contribution in [0.2, 0.25) is 0 Å². The van der Waals surface area contributed by atoms with Gasteiger partial charge < -0.3 is 39.8 Å². The van der Waals surface area contributed by atoms with Crippen LogP contribution in [0.15, 0.2) is 164 Å². The van der Waals surface area contributed by atoms with Gasteiger partial charge in [-0.1, -0.05) is 54.6 Å². The van der Waals surface area contributed by atoms with Crippen molar-refractivity contribution in [3.63, 3.8) is 0 Å². The van der Waals surface area contributed by atoms with E-state index in [0.29, 0.717) is 39.3 Å². The van der Waals surface area contributed by atoms with Crippen LogP contribution in [0.1, 0.15) is 20.7 Å². The number of hydrogen-bond donors (Lipinski definition) is 4. The predicted octanol–water partition coefficient (Wildman–Crippen LogP) is 14.0. The van der Waals surface area contributed by atoms with Crippen molar-refractivity contribution in [2.45, 2.75) is 12.7 Å². The summed E-state index contributed by atoms with van der Waals surface area (Å²) < 4.78 is 135. The molecule has 12 nitrogen and oxygen atoms in total. The summed E-state index contributed by atoms with van der Waals surface area (Å²) in [4.78, 5) is 30.3. The van der Waals surface area contributed by atoms with Gasteiger partial charge in [0, 0.05) is 24.0 Å². The van der Waals surface area contributed by atoms with Gasteiger partial charge >= 0.3 is 24.7 Å². The molecule has 0 bridgehead atoms. The molecule has 6 aromatic carbocycles. The molecule has 2 heterocycles. The summed E-state index contributed by atoms with van der Waals surface area (Å²) in [6, 6.07) is 36.0. The van der Waals surface area contributed by atoms with Crippen LogP contribution in [0.4, 0.5) is 62.5 Å². The van der Waals surface area contributed by atoms with E-state index in [-0.39, 0.29) is 45.5 Å². The average molecular weight is 1020 g/mol. The van der Waals surface area contributed by atoms with Crippen LogP contribution in [-0.2, 0) is 0 Å². The fourth-order valence-corrected chi connectivity index (χ4v) is 6.62. The highest BCUT2D eigenvalue weighted by Crippen LogP contribution is 2.38. The van der Waals surface area contributed by atoms with Crippen LogP contribution in [0.5, 0.6) is 23.0 Å². The van der Waals surface area contributed by atoms with Crippen molar-refractivity contribution < 1.29 is 78.3 Å². The van der Waals surface area contributed by atoms with Gasteiger partial charge in [0.1, 0.15) is 57.5 Å². The molecule has 8 aromatic rings. The molecule has 0 fully saturated rings. The molecule has 21 heteroatoms. The van der Waals surface area contributed by atoms with Crippen molar-refractivity contribution in [3.8, 4) is 56.4 Å². The third kappa shape index (κ3) is 15.1. The Morgan fingerprint density at radius 3 is 1.47 bits per heavy atom. The Morgan fingerprint density at radius 2 is 0.945 bits per heavy atom. The van der Waals surface area contributed by atoms with Crippen LogP contribution in [0.25, 0.3) is 33.4 Å². The molecule has 2 aromatic heterocycles. The number of carboxylic acids is 2. The highest BCUT2D eigenvalue weighted by molar-refractivity contribution is 5.95. The van der Waals surface area contributed by atoms with Crippen LogP contribution in [-0.4, -0.2) is 59.1 Å². The van der Waals surface area contributed by atoms with E-state index in [1.165, 1.54) is 99.4 Å². The van der Waals surface area contributed by atoms with Crippen LogP contribution in [0.3, 0.4) is 0 Å². The van der Waals surface area contributed by atoms with Gasteiger partial charge in [0.15, 0.2) is 5.75 Å². The Balaban J connectivity index is 0.000000183. The average Bonchev–Trinajstić information content (AvgIpc) is 3.35. The van der Waals surface area contributed by atoms with E-state index in [4.69, 9.17) is 14.6 Å². The van der Waals surface area contributed by atoms with Gasteiger partial charge in [-0.05, 0) is 119 Å². The molecule has 8 rings (SSSR count). The summed E-state index contributed by atoms with van der Waals surface area (Å²) in [5.41, 5.74) is 1.89. The van der Waals surface area contributed by atoms with E-state index in [1.807, 2.05) is 0 Å². The second-order valence-corrected chi connectivity index (χ2v) is 14.8. The van der Waals surface area contributed by atoms with E-state index >= 15 is 0 Å². The van der Waals surface area contributed by atoms with Crippen LogP contribution in [0, 0.1) is 17.5 Å². The van der Waals surface area contributed by atoms with Gasteiger partial charge in [-0.3, -0.25) is 0 Å². The number of aromatic carboxylic acids is 2. The lowest BCUT2D eigenvalue weighted by Crippen LogP contribution is -2.18. The van der Waals surface area contributed by atoms with Crippen molar-refractivity contribution in [2.24, 2.45) is 0 Å². The second-order valence-electron chi connectivity index (χ2n) is 14.8. The molecule has 4 N–H and O–H groups in total. The Bertz CT molecular complexity index is 3230. The SMILES string of the molecule is COc1cccc(-c2cc(F)c(Nc3ncccc3C(=O)O)cc2F)c1.COc1cccc(-c2ccc(Nc3ncccc3C(=O)O)c(OC(F)(F)F)c2)c1.Fc1cccc(-c2cccc(OC(F)(F)F)c2)c1. The van der Waals surface area contributed by atoms with Gasteiger partial charge in [0.2, 0.25) is 0 Å². The molecule has 0 saturated carbocycles. The second kappa shape index (κ2) is 23.6. The predicted molar refractivity (Wildman–Crippen MR) is 251 cm³/mol. The molecule has 0 radical (unpaired) electrons. The first kappa shape index (κ1) is 53.1. The Morgan fingerprint density at radius 1 is 0.479 bits per heavy atom. The lowest BCUT2D eigenvalue weighted by Gasteiger charge is -2.16. The summed E-state index contributed by atoms with van der Waals surface area (Å²) in [6.07, 6.45) is -7.00. The van der Waals surface area contributed by atoms with Crippen molar-refractivity contribution in [1.29, 1.82) is 0 Å². The Kier molecular flexibility index (Phi) is 17.1. The monoisotopic (exact) mass is 1020 g/mol. The number of hydrogen-bond acceptors (Lipinski definition) is 10. The highest BCUT2D eigenvalue weighted by Gasteiger charge is 2.33. The molecule has 0 aliphatic heterocycles. The molecule has 0 atom stereocenters. The number of benzene rings is 6. The summed E-state index contributed by atoms with van der Waals surface area (Å²) in [6.45, 7) is 0. The number of pyridine rings is 2. The highest BCUT2D eigenvalue weighted by atomic mass is 19.4.